The van der Waals surface area contributed by atoms with Gasteiger partial charge in [-0.15, -0.1) is 0 Å². The molecule has 0 unspecified atom stereocenters. The van der Waals surface area contributed by atoms with E-state index in [1.165, 1.54) is 25.1 Å². The fraction of sp³-hybridized carbons (Fsp3) is 0.154. The van der Waals surface area contributed by atoms with Crippen LogP contribution in [0.1, 0.15) is 11.5 Å². The average molecular weight is 259 g/mol. The van der Waals surface area contributed by atoms with E-state index in [9.17, 15) is 14.9 Å². The first kappa shape index (κ1) is 11.5. The number of hydrogen-bond acceptors (Lipinski definition) is 5. The second-order valence-electron chi connectivity index (χ2n) is 4.33. The molecule has 96 valence electrons. The highest BCUT2D eigenvalue weighted by Crippen LogP contribution is 2.34. The Balaban J connectivity index is 2.53. The van der Waals surface area contributed by atoms with Gasteiger partial charge in [0.15, 0.2) is 11.2 Å². The molecule has 6 nitrogen and oxygen atoms in total. The third kappa shape index (κ3) is 1.61. The predicted molar refractivity (Wildman–Crippen MR) is 68.4 cm³/mol. The number of furan rings is 1. The molecule has 1 aromatic carbocycles. The topological polar surface area (TPSA) is 86.5 Å². The lowest BCUT2D eigenvalue weighted by Crippen LogP contribution is -1.99. The summed E-state index contributed by atoms with van der Waals surface area (Å²) in [5.74, 6) is 0.666. The summed E-state index contributed by atoms with van der Waals surface area (Å²) in [7, 11) is 0. The molecule has 0 radical (unpaired) electrons. The van der Waals surface area contributed by atoms with Crippen LogP contribution in [-0.4, -0.2) is 4.92 Å². The lowest BCUT2D eigenvalue weighted by atomic mass is 10.1. The Morgan fingerprint density at radius 1 is 1.05 bits per heavy atom. The van der Waals surface area contributed by atoms with E-state index >= 15 is 0 Å². The maximum Gasteiger partial charge on any atom is 0.318 e. The minimum atomic E-state index is -0.499. The molecule has 2 heterocycles. The SMILES string of the molecule is Cc1cc(=O)c2cc3oc(C)c([N+](=O)[O-])c3cc2o1. The van der Waals surface area contributed by atoms with E-state index in [1.807, 2.05) is 0 Å². The van der Waals surface area contributed by atoms with Crippen molar-refractivity contribution >= 4 is 27.6 Å². The minimum absolute atomic E-state index is 0.0962. The average Bonchev–Trinajstić information content (AvgIpc) is 2.61. The number of nitro groups is 1. The van der Waals surface area contributed by atoms with Crippen LogP contribution in [0.5, 0.6) is 0 Å². The molecule has 0 aliphatic carbocycles. The number of aryl methyl sites for hydroxylation is 2. The van der Waals surface area contributed by atoms with Crippen molar-refractivity contribution < 1.29 is 13.8 Å². The maximum atomic E-state index is 11.8. The van der Waals surface area contributed by atoms with Crippen molar-refractivity contribution in [1.82, 2.24) is 0 Å². The zero-order chi connectivity index (χ0) is 13.7. The van der Waals surface area contributed by atoms with E-state index in [2.05, 4.69) is 0 Å². The minimum Gasteiger partial charge on any atom is -0.461 e. The third-order valence-electron chi connectivity index (χ3n) is 2.99. The van der Waals surface area contributed by atoms with Gasteiger partial charge < -0.3 is 8.83 Å². The van der Waals surface area contributed by atoms with Crippen molar-refractivity contribution in [2.45, 2.75) is 13.8 Å². The smallest absolute Gasteiger partial charge is 0.318 e. The molecule has 0 aliphatic heterocycles. The third-order valence-corrected chi connectivity index (χ3v) is 2.99. The number of rotatable bonds is 1. The molecule has 0 amide bonds. The molecule has 0 atom stereocenters. The largest absolute Gasteiger partial charge is 0.461 e. The lowest BCUT2D eigenvalue weighted by molar-refractivity contribution is -0.384. The van der Waals surface area contributed by atoms with Gasteiger partial charge >= 0.3 is 5.69 Å². The van der Waals surface area contributed by atoms with Crippen LogP contribution in [0.15, 0.2) is 31.8 Å². The molecule has 0 saturated heterocycles. The van der Waals surface area contributed by atoms with Crippen LogP contribution < -0.4 is 5.43 Å². The molecular formula is C13H9NO5. The Morgan fingerprint density at radius 3 is 2.37 bits per heavy atom. The second-order valence-corrected chi connectivity index (χ2v) is 4.33. The van der Waals surface area contributed by atoms with Crippen LogP contribution >= 0.6 is 0 Å². The Labute approximate surface area is 106 Å². The maximum absolute atomic E-state index is 11.8. The quantitative estimate of drug-likeness (QED) is 0.495. The van der Waals surface area contributed by atoms with Crippen LogP contribution in [0.2, 0.25) is 0 Å². The van der Waals surface area contributed by atoms with Crippen LogP contribution in [0.25, 0.3) is 21.9 Å². The summed E-state index contributed by atoms with van der Waals surface area (Å²) in [4.78, 5) is 22.4. The van der Waals surface area contributed by atoms with Crippen LogP contribution in [0.4, 0.5) is 5.69 Å². The summed E-state index contributed by atoms with van der Waals surface area (Å²) in [6, 6.07) is 4.34. The van der Waals surface area contributed by atoms with Crippen molar-refractivity contribution in [2.24, 2.45) is 0 Å². The van der Waals surface area contributed by atoms with Gasteiger partial charge in [0.25, 0.3) is 0 Å². The van der Waals surface area contributed by atoms with Gasteiger partial charge in [0.1, 0.15) is 22.3 Å². The first-order valence-corrected chi connectivity index (χ1v) is 5.59. The van der Waals surface area contributed by atoms with Crippen molar-refractivity contribution in [3.8, 4) is 0 Å². The molecule has 6 heteroatoms. The van der Waals surface area contributed by atoms with Gasteiger partial charge in [0.2, 0.25) is 0 Å². The van der Waals surface area contributed by atoms with E-state index in [0.29, 0.717) is 27.7 Å². The van der Waals surface area contributed by atoms with Gasteiger partial charge in [-0.3, -0.25) is 14.9 Å². The van der Waals surface area contributed by atoms with Crippen molar-refractivity contribution in [3.05, 3.63) is 50.1 Å². The molecule has 0 spiro atoms. The number of hydrogen-bond donors (Lipinski definition) is 0. The van der Waals surface area contributed by atoms with Crippen LogP contribution in [0, 0.1) is 24.0 Å². The van der Waals surface area contributed by atoms with Crippen molar-refractivity contribution in [3.63, 3.8) is 0 Å². The van der Waals surface area contributed by atoms with E-state index in [-0.39, 0.29) is 16.9 Å². The summed E-state index contributed by atoms with van der Waals surface area (Å²) in [6.07, 6.45) is 0. The van der Waals surface area contributed by atoms with E-state index in [4.69, 9.17) is 8.83 Å². The highest BCUT2D eigenvalue weighted by Gasteiger charge is 2.22. The molecule has 0 saturated carbocycles. The molecule has 3 rings (SSSR count). The first-order valence-electron chi connectivity index (χ1n) is 5.59. The summed E-state index contributed by atoms with van der Waals surface area (Å²) < 4.78 is 10.8. The van der Waals surface area contributed by atoms with E-state index < -0.39 is 4.92 Å². The van der Waals surface area contributed by atoms with Gasteiger partial charge in [0, 0.05) is 13.0 Å². The van der Waals surface area contributed by atoms with Gasteiger partial charge in [-0.2, -0.15) is 0 Å². The Morgan fingerprint density at radius 2 is 1.68 bits per heavy atom. The zero-order valence-corrected chi connectivity index (χ0v) is 10.2. The molecule has 0 bridgehead atoms. The Bertz CT molecular complexity index is 887. The molecule has 0 fully saturated rings. The standard InChI is InChI=1S/C13H9NO5/c1-6-3-10(15)8-4-12-9(5-11(8)18-6)13(14(16)17)7(2)19-12/h3-5H,1-2H3. The van der Waals surface area contributed by atoms with Gasteiger partial charge in [0.05, 0.1) is 10.3 Å². The Hall–Kier alpha value is -2.63. The fourth-order valence-electron chi connectivity index (χ4n) is 2.20. The number of nitrogens with zero attached hydrogens (tertiary/aromatic N) is 1. The highest BCUT2D eigenvalue weighted by atomic mass is 16.6. The fourth-order valence-corrected chi connectivity index (χ4v) is 2.20. The van der Waals surface area contributed by atoms with Crippen molar-refractivity contribution in [2.75, 3.05) is 0 Å². The highest BCUT2D eigenvalue weighted by molar-refractivity contribution is 5.98. The monoisotopic (exact) mass is 259 g/mol. The summed E-state index contributed by atoms with van der Waals surface area (Å²) in [5, 5.41) is 11.7. The molecule has 0 N–H and O–H groups in total. The molecule has 2 aromatic heterocycles. The molecule has 3 aromatic rings. The van der Waals surface area contributed by atoms with Gasteiger partial charge in [-0.1, -0.05) is 0 Å². The molecule has 19 heavy (non-hydrogen) atoms. The van der Waals surface area contributed by atoms with Crippen LogP contribution in [-0.2, 0) is 0 Å². The number of fused-ring (bicyclic) bond motifs is 2. The van der Waals surface area contributed by atoms with Gasteiger partial charge in [-0.05, 0) is 19.1 Å². The Kier molecular flexibility index (Phi) is 2.22. The summed E-state index contributed by atoms with van der Waals surface area (Å²) in [6.45, 7) is 3.17. The van der Waals surface area contributed by atoms with Crippen molar-refractivity contribution in [1.29, 1.82) is 0 Å². The summed E-state index contributed by atoms with van der Waals surface area (Å²) >= 11 is 0. The molecule has 0 aliphatic rings. The lowest BCUT2D eigenvalue weighted by Gasteiger charge is -1.98. The second kappa shape index (κ2) is 3.68. The van der Waals surface area contributed by atoms with E-state index in [1.54, 1.807) is 6.92 Å². The van der Waals surface area contributed by atoms with E-state index in [0.717, 1.165) is 0 Å². The van der Waals surface area contributed by atoms with Crippen LogP contribution in [0.3, 0.4) is 0 Å². The van der Waals surface area contributed by atoms with Gasteiger partial charge in [-0.25, -0.2) is 0 Å². The predicted octanol–water partition coefficient (Wildman–Crippen LogP) is 3.06. The molecular weight excluding hydrogens is 250 g/mol. The normalized spacial score (nSPS) is 11.3. The number of benzene rings is 1. The first-order chi connectivity index (χ1) is 8.97. The summed E-state index contributed by atoms with van der Waals surface area (Å²) in [5.41, 5.74) is 0.340. The zero-order valence-electron chi connectivity index (χ0n) is 10.2.